The highest BCUT2D eigenvalue weighted by molar-refractivity contribution is 6.29. The maximum atomic E-state index is 5.90. The molecule has 0 bridgehead atoms. The van der Waals surface area contributed by atoms with Crippen LogP contribution in [0.3, 0.4) is 0 Å². The molecule has 0 fully saturated rings. The normalized spacial score (nSPS) is 10.9. The minimum Gasteiger partial charge on any atom is -0.381 e. The standard InChI is InChI=1S/C9H13ClN6/c1-3-6-9(11)13-14-16(6)5-8-12-4-7(10)15(8)2/h4H,3,5,11H2,1-2H3. The molecule has 0 atom stereocenters. The van der Waals surface area contributed by atoms with Gasteiger partial charge >= 0.3 is 0 Å². The summed E-state index contributed by atoms with van der Waals surface area (Å²) in [6.45, 7) is 2.54. The molecule has 6 nitrogen and oxygen atoms in total. The number of hydrogen-bond acceptors (Lipinski definition) is 4. The van der Waals surface area contributed by atoms with E-state index in [1.54, 1.807) is 15.4 Å². The van der Waals surface area contributed by atoms with E-state index in [2.05, 4.69) is 15.3 Å². The molecule has 0 aliphatic heterocycles. The van der Waals surface area contributed by atoms with Gasteiger partial charge in [0.2, 0.25) is 0 Å². The molecule has 0 aliphatic rings. The van der Waals surface area contributed by atoms with Crippen molar-refractivity contribution in [2.75, 3.05) is 5.73 Å². The van der Waals surface area contributed by atoms with Crippen molar-refractivity contribution in [2.45, 2.75) is 19.9 Å². The molecule has 0 aromatic carbocycles. The van der Waals surface area contributed by atoms with Gasteiger partial charge in [-0.1, -0.05) is 23.7 Å². The van der Waals surface area contributed by atoms with Gasteiger partial charge in [-0.05, 0) is 6.42 Å². The summed E-state index contributed by atoms with van der Waals surface area (Å²) < 4.78 is 3.55. The first kappa shape index (κ1) is 10.9. The molecular weight excluding hydrogens is 228 g/mol. The first-order chi connectivity index (χ1) is 7.63. The van der Waals surface area contributed by atoms with Gasteiger partial charge in [-0.25, -0.2) is 9.67 Å². The number of hydrogen-bond donors (Lipinski definition) is 1. The molecule has 0 saturated carbocycles. The Morgan fingerprint density at radius 3 is 2.81 bits per heavy atom. The number of nitrogens with zero attached hydrogens (tertiary/aromatic N) is 5. The van der Waals surface area contributed by atoms with E-state index in [1.807, 2.05) is 14.0 Å². The van der Waals surface area contributed by atoms with Crippen molar-refractivity contribution in [3.63, 3.8) is 0 Å². The molecule has 0 aliphatic carbocycles. The summed E-state index contributed by atoms with van der Waals surface area (Å²) in [6, 6.07) is 0. The van der Waals surface area contributed by atoms with Crippen LogP contribution < -0.4 is 5.73 Å². The summed E-state index contributed by atoms with van der Waals surface area (Å²) in [5.74, 6) is 1.30. The van der Waals surface area contributed by atoms with Crippen LogP contribution in [0.5, 0.6) is 0 Å². The van der Waals surface area contributed by atoms with Crippen LogP contribution in [0.1, 0.15) is 18.4 Å². The molecule has 16 heavy (non-hydrogen) atoms. The van der Waals surface area contributed by atoms with Gasteiger partial charge in [0.1, 0.15) is 17.5 Å². The minimum absolute atomic E-state index is 0.475. The topological polar surface area (TPSA) is 74.6 Å². The zero-order chi connectivity index (χ0) is 11.7. The maximum absolute atomic E-state index is 5.90. The zero-order valence-electron chi connectivity index (χ0n) is 9.18. The fourth-order valence-corrected chi connectivity index (χ4v) is 1.69. The molecule has 2 heterocycles. The van der Waals surface area contributed by atoms with Crippen molar-refractivity contribution in [3.8, 4) is 0 Å². The Morgan fingerprint density at radius 1 is 1.50 bits per heavy atom. The van der Waals surface area contributed by atoms with Crippen molar-refractivity contribution in [3.05, 3.63) is 22.9 Å². The number of aromatic nitrogens is 5. The second-order valence-electron chi connectivity index (χ2n) is 3.49. The molecule has 2 aromatic heterocycles. The van der Waals surface area contributed by atoms with E-state index in [4.69, 9.17) is 17.3 Å². The molecule has 0 unspecified atom stereocenters. The van der Waals surface area contributed by atoms with Crippen LogP contribution in [0.15, 0.2) is 6.20 Å². The van der Waals surface area contributed by atoms with Crippen LogP contribution in [0.2, 0.25) is 5.15 Å². The number of nitrogens with two attached hydrogens (primary N) is 1. The number of imidazole rings is 1. The predicted molar refractivity (Wildman–Crippen MR) is 61.1 cm³/mol. The van der Waals surface area contributed by atoms with Crippen molar-refractivity contribution in [2.24, 2.45) is 7.05 Å². The molecular formula is C9H13ClN6. The van der Waals surface area contributed by atoms with Crippen molar-refractivity contribution in [1.29, 1.82) is 0 Å². The highest BCUT2D eigenvalue weighted by Crippen LogP contribution is 2.13. The van der Waals surface area contributed by atoms with Gasteiger partial charge in [0, 0.05) is 7.05 Å². The Morgan fingerprint density at radius 2 is 2.25 bits per heavy atom. The largest absolute Gasteiger partial charge is 0.381 e. The number of anilines is 1. The van der Waals surface area contributed by atoms with Gasteiger partial charge in [0.05, 0.1) is 11.9 Å². The van der Waals surface area contributed by atoms with Gasteiger partial charge < -0.3 is 10.3 Å². The Balaban J connectivity index is 2.30. The van der Waals surface area contributed by atoms with Gasteiger partial charge in [0.15, 0.2) is 5.82 Å². The van der Waals surface area contributed by atoms with Crippen molar-refractivity contribution < 1.29 is 0 Å². The second kappa shape index (κ2) is 4.13. The van der Waals surface area contributed by atoms with Crippen LogP contribution in [-0.4, -0.2) is 24.5 Å². The first-order valence-corrected chi connectivity index (χ1v) is 5.35. The molecule has 2 aromatic rings. The van der Waals surface area contributed by atoms with Crippen molar-refractivity contribution >= 4 is 17.4 Å². The van der Waals surface area contributed by atoms with E-state index >= 15 is 0 Å². The third-order valence-electron chi connectivity index (χ3n) is 2.52. The second-order valence-corrected chi connectivity index (χ2v) is 3.88. The van der Waals surface area contributed by atoms with Crippen molar-refractivity contribution in [1.82, 2.24) is 24.5 Å². The zero-order valence-corrected chi connectivity index (χ0v) is 9.94. The van der Waals surface area contributed by atoms with Crippen LogP contribution >= 0.6 is 11.6 Å². The third kappa shape index (κ3) is 1.76. The van der Waals surface area contributed by atoms with E-state index in [9.17, 15) is 0 Å². The molecule has 2 rings (SSSR count). The lowest BCUT2D eigenvalue weighted by molar-refractivity contribution is 0.586. The number of nitrogen functional groups attached to an aromatic ring is 1. The lowest BCUT2D eigenvalue weighted by Gasteiger charge is -2.05. The molecule has 86 valence electrons. The Kier molecular flexibility index (Phi) is 2.82. The lowest BCUT2D eigenvalue weighted by atomic mass is 10.3. The van der Waals surface area contributed by atoms with Gasteiger partial charge in [-0.2, -0.15) is 0 Å². The fraction of sp³-hybridized carbons (Fsp3) is 0.444. The summed E-state index contributed by atoms with van der Waals surface area (Å²) in [5.41, 5.74) is 6.62. The highest BCUT2D eigenvalue weighted by Gasteiger charge is 2.11. The Bertz CT molecular complexity index is 500. The molecule has 0 radical (unpaired) electrons. The van der Waals surface area contributed by atoms with Crippen LogP contribution in [0.4, 0.5) is 5.82 Å². The average Bonchev–Trinajstić information content (AvgIpc) is 2.76. The number of halogens is 1. The van der Waals surface area contributed by atoms with Gasteiger partial charge in [0.25, 0.3) is 0 Å². The van der Waals surface area contributed by atoms with Crippen LogP contribution in [0, 0.1) is 0 Å². The first-order valence-electron chi connectivity index (χ1n) is 4.97. The minimum atomic E-state index is 0.475. The predicted octanol–water partition coefficient (Wildman–Crippen LogP) is 0.858. The Hall–Kier alpha value is -1.56. The van der Waals surface area contributed by atoms with E-state index < -0.39 is 0 Å². The van der Waals surface area contributed by atoms with E-state index in [1.165, 1.54) is 0 Å². The lowest BCUT2D eigenvalue weighted by Crippen LogP contribution is -2.10. The summed E-state index contributed by atoms with van der Waals surface area (Å²) in [4.78, 5) is 4.20. The Labute approximate surface area is 98.0 Å². The molecule has 7 heteroatoms. The summed E-state index contributed by atoms with van der Waals surface area (Å²) >= 11 is 5.90. The average molecular weight is 241 g/mol. The van der Waals surface area contributed by atoms with E-state index in [0.29, 0.717) is 17.5 Å². The molecule has 0 saturated heterocycles. The molecule has 2 N–H and O–H groups in total. The SMILES string of the molecule is CCc1c(N)nnn1Cc1ncc(Cl)n1C. The summed E-state index contributed by atoms with van der Waals surface area (Å²) in [6.07, 6.45) is 2.40. The quantitative estimate of drug-likeness (QED) is 0.864. The van der Waals surface area contributed by atoms with E-state index in [-0.39, 0.29) is 0 Å². The molecule has 0 amide bonds. The maximum Gasteiger partial charge on any atom is 0.169 e. The van der Waals surface area contributed by atoms with E-state index in [0.717, 1.165) is 17.9 Å². The third-order valence-corrected chi connectivity index (χ3v) is 2.87. The van der Waals surface area contributed by atoms with Crippen LogP contribution in [-0.2, 0) is 20.0 Å². The van der Waals surface area contributed by atoms with Gasteiger partial charge in [-0.15, -0.1) is 5.10 Å². The molecule has 0 spiro atoms. The van der Waals surface area contributed by atoms with Gasteiger partial charge in [-0.3, -0.25) is 0 Å². The highest BCUT2D eigenvalue weighted by atomic mass is 35.5. The summed E-state index contributed by atoms with van der Waals surface area (Å²) in [7, 11) is 1.86. The number of rotatable bonds is 3. The van der Waals surface area contributed by atoms with Crippen LogP contribution in [0.25, 0.3) is 0 Å². The summed E-state index contributed by atoms with van der Waals surface area (Å²) in [5, 5.41) is 8.42. The fourth-order valence-electron chi connectivity index (χ4n) is 1.54. The smallest absolute Gasteiger partial charge is 0.169 e. The monoisotopic (exact) mass is 240 g/mol.